The first-order valence-corrected chi connectivity index (χ1v) is 24.2. The van der Waals surface area contributed by atoms with E-state index in [0.717, 1.165) is 44.5 Å². The van der Waals surface area contributed by atoms with Gasteiger partial charge in [-0.2, -0.15) is 0 Å². The summed E-state index contributed by atoms with van der Waals surface area (Å²) >= 11 is 0. The maximum Gasteiger partial charge on any atom is 0.121 e. The van der Waals surface area contributed by atoms with Crippen molar-refractivity contribution in [1.29, 1.82) is 0 Å². The Balaban J connectivity index is 0.000000229. The molecule has 0 spiro atoms. The molecule has 0 N–H and O–H groups in total. The molecule has 0 bridgehead atoms. The third kappa shape index (κ3) is 8.33. The minimum Gasteiger partial charge on any atom is -0.501 e. The van der Waals surface area contributed by atoms with Gasteiger partial charge < -0.3 is 14.4 Å². The molecule has 0 aliphatic heterocycles. The number of aromatic nitrogens is 2. The molecule has 257 valence electrons. The van der Waals surface area contributed by atoms with Gasteiger partial charge in [-0.3, -0.25) is 0 Å². The summed E-state index contributed by atoms with van der Waals surface area (Å²) in [7, 11) is -2.54. The van der Waals surface area contributed by atoms with E-state index in [2.05, 4.69) is 167 Å². The van der Waals surface area contributed by atoms with E-state index in [1.54, 1.807) is 0 Å². The minimum atomic E-state index is -1.30. The second-order valence-corrected chi connectivity index (χ2v) is 25.5. The number of nitrogens with zero attached hydrogens (tertiary/aromatic N) is 2. The standard InChI is InChI=1S/C29H28NOSi.C15H18NSi.Ir/c1-19(2)21-15-16-30-27(17-21)26-8-6-7-25-24-14-11-22(18-28(24)31-29(25)26)20-9-12-23(13-10-20)32(3,4)5;1-12-5-7-13(8-6-12)15-10-9-14(11-16-15)17(2,3)4;/h6-7,9-19H,1-5H3;5-7,9-11H,1-4H3;/q2*-1;. The van der Waals surface area contributed by atoms with E-state index < -0.39 is 16.1 Å². The Morgan fingerprint density at radius 2 is 1.36 bits per heavy atom. The number of hydrogen-bond donors (Lipinski definition) is 0. The van der Waals surface area contributed by atoms with E-state index >= 15 is 0 Å². The molecule has 3 aromatic heterocycles. The largest absolute Gasteiger partial charge is 0.501 e. The van der Waals surface area contributed by atoms with Crippen LogP contribution in [0.1, 0.15) is 30.9 Å². The molecule has 6 heteroatoms. The van der Waals surface area contributed by atoms with Crippen LogP contribution < -0.4 is 10.4 Å². The fourth-order valence-corrected chi connectivity index (χ4v) is 8.08. The van der Waals surface area contributed by atoms with Crippen LogP contribution in [0.25, 0.3) is 55.6 Å². The van der Waals surface area contributed by atoms with E-state index in [-0.39, 0.29) is 20.1 Å². The van der Waals surface area contributed by atoms with Crippen molar-refractivity contribution in [2.24, 2.45) is 0 Å². The van der Waals surface area contributed by atoms with Crippen LogP contribution in [0.15, 0.2) is 114 Å². The maximum atomic E-state index is 6.41. The third-order valence-electron chi connectivity index (χ3n) is 9.10. The summed E-state index contributed by atoms with van der Waals surface area (Å²) < 4.78 is 6.41. The van der Waals surface area contributed by atoms with Gasteiger partial charge in [0.25, 0.3) is 0 Å². The smallest absolute Gasteiger partial charge is 0.121 e. The number of furan rings is 1. The number of rotatable bonds is 6. The minimum absolute atomic E-state index is 0. The van der Waals surface area contributed by atoms with Crippen LogP contribution in [0.2, 0.25) is 39.3 Å². The summed E-state index contributed by atoms with van der Waals surface area (Å²) in [4.78, 5) is 9.17. The average molecular weight is 867 g/mol. The Bertz CT molecular complexity index is 2210. The van der Waals surface area contributed by atoms with Crippen LogP contribution in [-0.2, 0) is 20.1 Å². The first-order valence-electron chi connectivity index (χ1n) is 17.2. The predicted octanol–water partition coefficient (Wildman–Crippen LogP) is 11.2. The van der Waals surface area contributed by atoms with E-state index in [9.17, 15) is 0 Å². The molecule has 0 atom stereocenters. The molecule has 4 aromatic carbocycles. The molecule has 0 saturated carbocycles. The summed E-state index contributed by atoms with van der Waals surface area (Å²) in [5.41, 5.74) is 10.5. The molecule has 0 fully saturated rings. The normalized spacial score (nSPS) is 11.7. The van der Waals surface area contributed by atoms with Gasteiger partial charge in [-0.05, 0) is 45.8 Å². The van der Waals surface area contributed by atoms with Gasteiger partial charge in [-0.1, -0.05) is 136 Å². The Hall–Kier alpha value is -3.94. The van der Waals surface area contributed by atoms with Gasteiger partial charge in [0.1, 0.15) is 5.58 Å². The van der Waals surface area contributed by atoms with Gasteiger partial charge in [-0.15, -0.1) is 53.6 Å². The molecular weight excluding hydrogens is 821 g/mol. The van der Waals surface area contributed by atoms with Gasteiger partial charge in [0, 0.05) is 37.9 Å². The van der Waals surface area contributed by atoms with Gasteiger partial charge >= 0.3 is 0 Å². The van der Waals surface area contributed by atoms with Crippen molar-refractivity contribution < 1.29 is 24.5 Å². The van der Waals surface area contributed by atoms with Crippen LogP contribution in [0.3, 0.4) is 0 Å². The Labute approximate surface area is 313 Å². The van der Waals surface area contributed by atoms with Gasteiger partial charge in [0.15, 0.2) is 0 Å². The molecule has 0 saturated heterocycles. The molecule has 3 nitrogen and oxygen atoms in total. The van der Waals surface area contributed by atoms with Crippen LogP contribution in [0, 0.1) is 19.1 Å². The topological polar surface area (TPSA) is 38.9 Å². The van der Waals surface area contributed by atoms with Crippen molar-refractivity contribution in [2.45, 2.75) is 66.0 Å². The first-order chi connectivity index (χ1) is 23.3. The molecule has 50 heavy (non-hydrogen) atoms. The molecule has 7 rings (SSSR count). The molecule has 0 unspecified atom stereocenters. The fraction of sp³-hybridized carbons (Fsp3) is 0.227. The van der Waals surface area contributed by atoms with E-state index in [1.165, 1.54) is 32.6 Å². The summed E-state index contributed by atoms with van der Waals surface area (Å²) in [5.74, 6) is 0.446. The Kier molecular flexibility index (Phi) is 11.3. The monoisotopic (exact) mass is 867 g/mol. The van der Waals surface area contributed by atoms with Gasteiger partial charge in [0.05, 0.1) is 21.7 Å². The number of benzene rings is 4. The molecular formula is C44H46IrN2OSi2-2. The summed E-state index contributed by atoms with van der Waals surface area (Å²) in [5, 5.41) is 5.10. The van der Waals surface area contributed by atoms with Crippen molar-refractivity contribution in [1.82, 2.24) is 9.97 Å². The van der Waals surface area contributed by atoms with Crippen molar-refractivity contribution in [3.05, 3.63) is 133 Å². The van der Waals surface area contributed by atoms with Crippen LogP contribution in [-0.4, -0.2) is 26.1 Å². The SMILES string of the molecule is CC(C)c1ccnc(-c2[c-]ccc3c2oc2cc(-c4ccc([Si](C)(C)C)cc4)ccc23)c1.Cc1c[c-]c(-c2ccc([Si](C)(C)C)cn2)cc1.[Ir]. The fourth-order valence-electron chi connectivity index (χ4n) is 5.88. The zero-order valence-corrected chi connectivity index (χ0v) is 35.0. The molecule has 1 radical (unpaired) electrons. The quantitative estimate of drug-likeness (QED) is 0.123. The average Bonchev–Trinajstić information content (AvgIpc) is 3.46. The van der Waals surface area contributed by atoms with Crippen molar-refractivity contribution >= 4 is 48.5 Å². The second kappa shape index (κ2) is 15.1. The molecule has 0 amide bonds. The zero-order valence-electron chi connectivity index (χ0n) is 30.6. The van der Waals surface area contributed by atoms with E-state index in [4.69, 9.17) is 4.42 Å². The summed E-state index contributed by atoms with van der Waals surface area (Å²) in [6, 6.07) is 40.9. The van der Waals surface area contributed by atoms with Gasteiger partial charge in [0.2, 0.25) is 0 Å². The number of aryl methyl sites for hydroxylation is 1. The molecule has 0 aliphatic rings. The van der Waals surface area contributed by atoms with Crippen LogP contribution in [0.5, 0.6) is 0 Å². The number of fused-ring (bicyclic) bond motifs is 3. The van der Waals surface area contributed by atoms with Gasteiger partial charge in [-0.25, -0.2) is 0 Å². The first kappa shape index (κ1) is 37.3. The van der Waals surface area contributed by atoms with Crippen molar-refractivity contribution in [3.63, 3.8) is 0 Å². The summed E-state index contributed by atoms with van der Waals surface area (Å²) in [6.07, 6.45) is 3.90. The number of pyridine rings is 2. The molecule has 7 aromatic rings. The van der Waals surface area contributed by atoms with E-state index in [1.807, 2.05) is 24.5 Å². The Morgan fingerprint density at radius 3 is 1.98 bits per heavy atom. The molecule has 3 heterocycles. The van der Waals surface area contributed by atoms with Crippen molar-refractivity contribution in [3.8, 4) is 33.6 Å². The zero-order chi connectivity index (χ0) is 34.9. The maximum absolute atomic E-state index is 6.41. The van der Waals surface area contributed by atoms with Crippen molar-refractivity contribution in [2.75, 3.05) is 0 Å². The van der Waals surface area contributed by atoms with Crippen LogP contribution in [0.4, 0.5) is 0 Å². The number of hydrogen-bond acceptors (Lipinski definition) is 3. The van der Waals surface area contributed by atoms with E-state index in [0.29, 0.717) is 5.92 Å². The molecule has 0 aliphatic carbocycles. The second-order valence-electron chi connectivity index (χ2n) is 15.3. The van der Waals surface area contributed by atoms with Crippen LogP contribution >= 0.6 is 0 Å². The Morgan fingerprint density at radius 1 is 0.660 bits per heavy atom. The third-order valence-corrected chi connectivity index (χ3v) is 13.2. The predicted molar refractivity (Wildman–Crippen MR) is 215 cm³/mol. The summed E-state index contributed by atoms with van der Waals surface area (Å²) in [6.45, 7) is 20.6.